The smallest absolute Gasteiger partial charge is 0.335 e. The van der Waals surface area contributed by atoms with E-state index in [0.29, 0.717) is 11.0 Å². The van der Waals surface area contributed by atoms with Gasteiger partial charge in [0, 0.05) is 0 Å². The van der Waals surface area contributed by atoms with Crippen molar-refractivity contribution < 1.29 is 14.3 Å². The molecule has 106 valence electrons. The van der Waals surface area contributed by atoms with Crippen molar-refractivity contribution in [1.82, 2.24) is 9.55 Å². The van der Waals surface area contributed by atoms with Crippen molar-refractivity contribution in [2.45, 2.75) is 6.54 Å². The Morgan fingerprint density at radius 3 is 2.57 bits per heavy atom. The first-order chi connectivity index (χ1) is 10.0. The average molecular weight is 286 g/mol. The number of aromatic nitrogens is 2. The number of benzene rings is 2. The van der Waals surface area contributed by atoms with Gasteiger partial charge in [0.2, 0.25) is 0 Å². The molecule has 0 aliphatic carbocycles. The van der Waals surface area contributed by atoms with Crippen molar-refractivity contribution in [3.63, 3.8) is 0 Å². The van der Waals surface area contributed by atoms with Crippen LogP contribution in [-0.4, -0.2) is 20.6 Å². The summed E-state index contributed by atoms with van der Waals surface area (Å²) in [5.41, 5.74) is 1.59. The lowest BCUT2D eigenvalue weighted by Gasteiger charge is -2.04. The summed E-state index contributed by atoms with van der Waals surface area (Å²) >= 11 is 0. The second-order valence-electron chi connectivity index (χ2n) is 4.68. The number of rotatable bonds is 3. The SMILES string of the molecule is O=C(O)c1ccc2[nH]c(=O)n(Cc3ccc(F)cc3)c2c1. The van der Waals surface area contributed by atoms with Crippen LogP contribution in [0.25, 0.3) is 11.0 Å². The zero-order valence-electron chi connectivity index (χ0n) is 10.8. The van der Waals surface area contributed by atoms with Crippen molar-refractivity contribution in [2.24, 2.45) is 0 Å². The largest absolute Gasteiger partial charge is 0.478 e. The number of carbonyl (C=O) groups is 1. The Morgan fingerprint density at radius 1 is 1.19 bits per heavy atom. The number of hydrogen-bond donors (Lipinski definition) is 2. The summed E-state index contributed by atoms with van der Waals surface area (Å²) in [4.78, 5) is 25.7. The highest BCUT2D eigenvalue weighted by atomic mass is 19.1. The highest BCUT2D eigenvalue weighted by molar-refractivity contribution is 5.92. The normalized spacial score (nSPS) is 10.9. The number of fused-ring (bicyclic) bond motifs is 1. The molecule has 0 aliphatic rings. The van der Waals surface area contributed by atoms with E-state index in [1.165, 1.54) is 28.8 Å². The Labute approximate surface area is 118 Å². The molecule has 0 saturated carbocycles. The molecule has 3 rings (SSSR count). The lowest BCUT2D eigenvalue weighted by atomic mass is 10.2. The van der Waals surface area contributed by atoms with Crippen LogP contribution >= 0.6 is 0 Å². The summed E-state index contributed by atoms with van der Waals surface area (Å²) in [6.45, 7) is 0.238. The fourth-order valence-electron chi connectivity index (χ4n) is 2.22. The average Bonchev–Trinajstić information content (AvgIpc) is 2.77. The number of halogens is 1. The molecule has 2 aromatic carbocycles. The molecule has 0 atom stereocenters. The predicted molar refractivity (Wildman–Crippen MR) is 75.0 cm³/mol. The molecule has 0 saturated heterocycles. The number of imidazole rings is 1. The molecule has 3 aromatic rings. The van der Waals surface area contributed by atoms with E-state index >= 15 is 0 Å². The number of carboxylic acids is 1. The van der Waals surface area contributed by atoms with E-state index in [0.717, 1.165) is 5.56 Å². The maximum Gasteiger partial charge on any atom is 0.335 e. The summed E-state index contributed by atoms with van der Waals surface area (Å²) in [6, 6.07) is 10.2. The molecule has 0 spiro atoms. The third-order valence-corrected chi connectivity index (χ3v) is 3.28. The van der Waals surface area contributed by atoms with E-state index < -0.39 is 5.97 Å². The Morgan fingerprint density at radius 2 is 1.90 bits per heavy atom. The molecule has 1 heterocycles. The summed E-state index contributed by atoms with van der Waals surface area (Å²) < 4.78 is 14.3. The second kappa shape index (κ2) is 4.90. The third kappa shape index (κ3) is 2.43. The van der Waals surface area contributed by atoms with Crippen LogP contribution in [0.5, 0.6) is 0 Å². The fourth-order valence-corrected chi connectivity index (χ4v) is 2.22. The molecule has 0 amide bonds. The highest BCUT2D eigenvalue weighted by Crippen LogP contribution is 2.15. The number of hydrogen-bond acceptors (Lipinski definition) is 2. The van der Waals surface area contributed by atoms with E-state index in [1.54, 1.807) is 18.2 Å². The van der Waals surface area contributed by atoms with Crippen molar-refractivity contribution in [2.75, 3.05) is 0 Å². The molecule has 0 aliphatic heterocycles. The second-order valence-corrected chi connectivity index (χ2v) is 4.68. The number of aromatic carboxylic acids is 1. The van der Waals surface area contributed by atoms with Gasteiger partial charge in [-0.3, -0.25) is 4.57 Å². The Bertz CT molecular complexity index is 878. The zero-order valence-corrected chi connectivity index (χ0v) is 10.8. The summed E-state index contributed by atoms with van der Waals surface area (Å²) in [5, 5.41) is 9.02. The minimum Gasteiger partial charge on any atom is -0.478 e. The van der Waals surface area contributed by atoms with Gasteiger partial charge in [0.05, 0.1) is 23.1 Å². The lowest BCUT2D eigenvalue weighted by molar-refractivity contribution is 0.0697. The Balaban J connectivity index is 2.10. The summed E-state index contributed by atoms with van der Waals surface area (Å²) in [5.74, 6) is -1.41. The standard InChI is InChI=1S/C15H11FN2O3/c16-11-4-1-9(2-5-11)8-18-13-7-10(14(19)20)3-6-12(13)17-15(18)21/h1-7H,8H2,(H,17,21)(H,19,20). The molecule has 2 N–H and O–H groups in total. The van der Waals surface area contributed by atoms with E-state index in [4.69, 9.17) is 5.11 Å². The number of carboxylic acid groups (broad SMARTS) is 1. The highest BCUT2D eigenvalue weighted by Gasteiger charge is 2.10. The van der Waals surface area contributed by atoms with E-state index in [2.05, 4.69) is 4.98 Å². The molecular formula is C15H11FN2O3. The lowest BCUT2D eigenvalue weighted by Crippen LogP contribution is -2.17. The quantitative estimate of drug-likeness (QED) is 0.775. The van der Waals surface area contributed by atoms with Gasteiger partial charge in [-0.2, -0.15) is 0 Å². The first-order valence-corrected chi connectivity index (χ1v) is 6.25. The molecule has 0 unspecified atom stereocenters. The summed E-state index contributed by atoms with van der Waals surface area (Å²) in [7, 11) is 0. The van der Waals surface area contributed by atoms with Gasteiger partial charge in [-0.1, -0.05) is 12.1 Å². The van der Waals surface area contributed by atoms with Crippen molar-refractivity contribution in [3.8, 4) is 0 Å². The molecule has 0 bridgehead atoms. The van der Waals surface area contributed by atoms with Gasteiger partial charge in [0.15, 0.2) is 0 Å². The summed E-state index contributed by atoms with van der Waals surface area (Å²) in [6.07, 6.45) is 0. The van der Waals surface area contributed by atoms with Gasteiger partial charge in [-0.25, -0.2) is 14.0 Å². The fraction of sp³-hybridized carbons (Fsp3) is 0.0667. The molecule has 5 nitrogen and oxygen atoms in total. The van der Waals surface area contributed by atoms with Crippen molar-refractivity contribution in [3.05, 3.63) is 69.9 Å². The van der Waals surface area contributed by atoms with Gasteiger partial charge in [0.25, 0.3) is 0 Å². The number of nitrogens with one attached hydrogen (secondary N) is 1. The Kier molecular flexibility index (Phi) is 3.06. The van der Waals surface area contributed by atoms with Crippen LogP contribution in [0.4, 0.5) is 4.39 Å². The van der Waals surface area contributed by atoms with Gasteiger partial charge in [0.1, 0.15) is 5.82 Å². The minimum absolute atomic E-state index is 0.106. The van der Waals surface area contributed by atoms with Crippen LogP contribution in [0.3, 0.4) is 0 Å². The van der Waals surface area contributed by atoms with Crippen LogP contribution in [0.15, 0.2) is 47.3 Å². The van der Waals surface area contributed by atoms with Gasteiger partial charge in [-0.15, -0.1) is 0 Å². The number of aromatic amines is 1. The maximum absolute atomic E-state index is 12.9. The molecule has 21 heavy (non-hydrogen) atoms. The molecule has 1 aromatic heterocycles. The van der Waals surface area contributed by atoms with Gasteiger partial charge >= 0.3 is 11.7 Å². The van der Waals surface area contributed by atoms with Crippen LogP contribution in [-0.2, 0) is 6.54 Å². The van der Waals surface area contributed by atoms with Gasteiger partial charge in [-0.05, 0) is 35.9 Å². The van der Waals surface area contributed by atoms with E-state index in [1.807, 2.05) is 0 Å². The zero-order chi connectivity index (χ0) is 15.0. The van der Waals surface area contributed by atoms with Crippen LogP contribution in [0, 0.1) is 5.82 Å². The van der Waals surface area contributed by atoms with Crippen LogP contribution < -0.4 is 5.69 Å². The van der Waals surface area contributed by atoms with Gasteiger partial charge < -0.3 is 10.1 Å². The molecule has 0 fully saturated rings. The molecule has 6 heteroatoms. The number of H-pyrrole nitrogens is 1. The monoisotopic (exact) mass is 286 g/mol. The third-order valence-electron chi connectivity index (χ3n) is 3.28. The number of nitrogens with zero attached hydrogens (tertiary/aromatic N) is 1. The van der Waals surface area contributed by atoms with E-state index in [9.17, 15) is 14.0 Å². The Hall–Kier alpha value is -2.89. The predicted octanol–water partition coefficient (Wildman–Crippen LogP) is 2.22. The molecule has 0 radical (unpaired) electrons. The first kappa shape index (κ1) is 13.1. The molecular weight excluding hydrogens is 275 g/mol. The maximum atomic E-state index is 12.9. The first-order valence-electron chi connectivity index (χ1n) is 6.25. The minimum atomic E-state index is -1.06. The van der Waals surface area contributed by atoms with Crippen LogP contribution in [0.1, 0.15) is 15.9 Å². The van der Waals surface area contributed by atoms with Crippen molar-refractivity contribution >= 4 is 17.0 Å². The van der Waals surface area contributed by atoms with Crippen molar-refractivity contribution in [1.29, 1.82) is 0 Å². The topological polar surface area (TPSA) is 75.1 Å². The van der Waals surface area contributed by atoms with E-state index in [-0.39, 0.29) is 23.6 Å². The van der Waals surface area contributed by atoms with Crippen LogP contribution in [0.2, 0.25) is 0 Å².